The van der Waals surface area contributed by atoms with Crippen molar-refractivity contribution in [2.75, 3.05) is 0 Å². The van der Waals surface area contributed by atoms with E-state index < -0.39 is 18.2 Å². The first kappa shape index (κ1) is 21.3. The van der Waals surface area contributed by atoms with Crippen molar-refractivity contribution in [2.45, 2.75) is 64.1 Å². The highest BCUT2D eigenvalue weighted by atomic mass is 16.4. The minimum absolute atomic E-state index is 0.0523. The lowest BCUT2D eigenvalue weighted by molar-refractivity contribution is -0.137. The van der Waals surface area contributed by atoms with Gasteiger partial charge in [0.05, 0.1) is 0 Å². The molecule has 0 saturated carbocycles. The number of hydrogen-bond donors (Lipinski definition) is 3. The van der Waals surface area contributed by atoms with Crippen LogP contribution in [0.4, 0.5) is 0 Å². The number of aliphatic carboxylic acids is 1. The molecule has 0 amide bonds. The number of carbonyl (C=O) groups is 2. The average Bonchev–Trinajstić information content (AvgIpc) is 2.93. The molecule has 0 heterocycles. The highest BCUT2D eigenvalue weighted by Crippen LogP contribution is 2.29. The third-order valence-corrected chi connectivity index (χ3v) is 4.42. The molecular formula is C20H30O5. The van der Waals surface area contributed by atoms with Crippen LogP contribution in [0.2, 0.25) is 0 Å². The van der Waals surface area contributed by atoms with Crippen molar-refractivity contribution in [3.63, 3.8) is 0 Å². The Morgan fingerprint density at radius 3 is 2.52 bits per heavy atom. The van der Waals surface area contributed by atoms with Gasteiger partial charge in [0.1, 0.15) is 12.2 Å². The summed E-state index contributed by atoms with van der Waals surface area (Å²) in [6.07, 6.45) is 13.3. The van der Waals surface area contributed by atoms with Gasteiger partial charge in [-0.3, -0.25) is 9.59 Å². The van der Waals surface area contributed by atoms with Gasteiger partial charge < -0.3 is 15.3 Å². The molecule has 0 aliphatic heterocycles. The second-order valence-corrected chi connectivity index (χ2v) is 6.49. The molecule has 0 aromatic rings. The molecule has 1 aliphatic rings. The number of aliphatic hydroxyl groups is 2. The number of carboxylic acids is 1. The number of allylic oxidation sites excluding steroid dienone is 4. The third-order valence-electron chi connectivity index (χ3n) is 4.42. The van der Waals surface area contributed by atoms with Crippen LogP contribution in [0.15, 0.2) is 36.5 Å². The van der Waals surface area contributed by atoms with Crippen molar-refractivity contribution in [1.29, 1.82) is 0 Å². The van der Waals surface area contributed by atoms with E-state index in [0.717, 1.165) is 32.1 Å². The van der Waals surface area contributed by atoms with Gasteiger partial charge in [0, 0.05) is 18.3 Å². The number of carbonyl (C=O) groups excluding carboxylic acids is 1. The van der Waals surface area contributed by atoms with E-state index in [1.807, 2.05) is 13.0 Å². The number of hydrogen-bond acceptors (Lipinski definition) is 4. The standard InChI is InChI=1S/C20H30O5/c1-2-3-9-18(22)19(23)14-12-15-11-13-17(21)16(15)8-6-4-5-7-10-20(24)25/h3,9,11-16,18-19,22-23H,2,4-8,10H2,1H3,(H,24,25)/b9-3+,14-12+/t15-,16-,18?,19?/m1/s1. The minimum Gasteiger partial charge on any atom is -0.481 e. The van der Waals surface area contributed by atoms with E-state index in [9.17, 15) is 19.8 Å². The molecule has 3 N–H and O–H groups in total. The maximum atomic E-state index is 12.0. The van der Waals surface area contributed by atoms with Gasteiger partial charge in [-0.2, -0.15) is 0 Å². The Morgan fingerprint density at radius 2 is 1.84 bits per heavy atom. The maximum absolute atomic E-state index is 12.0. The van der Waals surface area contributed by atoms with Crippen LogP contribution in [0, 0.1) is 11.8 Å². The fourth-order valence-corrected chi connectivity index (χ4v) is 2.93. The maximum Gasteiger partial charge on any atom is 0.303 e. The molecule has 0 spiro atoms. The van der Waals surface area contributed by atoms with Gasteiger partial charge in [0.15, 0.2) is 5.78 Å². The molecule has 5 heteroatoms. The van der Waals surface area contributed by atoms with E-state index in [4.69, 9.17) is 5.11 Å². The van der Waals surface area contributed by atoms with Crippen molar-refractivity contribution in [2.24, 2.45) is 11.8 Å². The largest absolute Gasteiger partial charge is 0.481 e. The summed E-state index contributed by atoms with van der Waals surface area (Å²) in [7, 11) is 0. The summed E-state index contributed by atoms with van der Waals surface area (Å²) >= 11 is 0. The van der Waals surface area contributed by atoms with E-state index in [-0.39, 0.29) is 24.0 Å². The Bertz CT molecular complexity index is 506. The molecule has 140 valence electrons. The normalized spacial score (nSPS) is 22.9. The summed E-state index contributed by atoms with van der Waals surface area (Å²) in [4.78, 5) is 22.4. The zero-order chi connectivity index (χ0) is 18.7. The van der Waals surface area contributed by atoms with Gasteiger partial charge in [-0.25, -0.2) is 0 Å². The number of aliphatic hydroxyl groups excluding tert-OH is 2. The lowest BCUT2D eigenvalue weighted by atomic mass is 9.88. The van der Waals surface area contributed by atoms with Crippen LogP contribution < -0.4 is 0 Å². The van der Waals surface area contributed by atoms with Crippen LogP contribution in [-0.2, 0) is 9.59 Å². The highest BCUT2D eigenvalue weighted by Gasteiger charge is 2.27. The van der Waals surface area contributed by atoms with Crippen molar-refractivity contribution >= 4 is 11.8 Å². The van der Waals surface area contributed by atoms with Crippen molar-refractivity contribution in [3.8, 4) is 0 Å². The molecule has 2 unspecified atom stereocenters. The molecule has 0 aromatic carbocycles. The summed E-state index contributed by atoms with van der Waals surface area (Å²) in [5.74, 6) is -0.842. The SMILES string of the molecule is CC/C=C/C(O)C(O)/C=C/[C@H]1C=CC(=O)[C@@H]1CCCCCCC(=O)O. The van der Waals surface area contributed by atoms with E-state index in [1.165, 1.54) is 0 Å². The first-order chi connectivity index (χ1) is 12.0. The number of rotatable bonds is 12. The number of carboxylic acid groups (broad SMARTS) is 1. The topological polar surface area (TPSA) is 94.8 Å². The second-order valence-electron chi connectivity index (χ2n) is 6.49. The summed E-state index contributed by atoms with van der Waals surface area (Å²) in [6.45, 7) is 1.95. The fraction of sp³-hybridized carbons (Fsp3) is 0.600. The predicted octanol–water partition coefficient (Wildman–Crippen LogP) is 3.03. The van der Waals surface area contributed by atoms with Gasteiger partial charge in [0.25, 0.3) is 0 Å². The lowest BCUT2D eigenvalue weighted by Gasteiger charge is -2.16. The molecule has 1 aliphatic carbocycles. The van der Waals surface area contributed by atoms with E-state index in [2.05, 4.69) is 0 Å². The van der Waals surface area contributed by atoms with Gasteiger partial charge in [-0.15, -0.1) is 0 Å². The molecule has 4 atom stereocenters. The van der Waals surface area contributed by atoms with Crippen molar-refractivity contribution in [1.82, 2.24) is 0 Å². The van der Waals surface area contributed by atoms with Crippen LogP contribution >= 0.6 is 0 Å². The second kappa shape index (κ2) is 11.8. The molecule has 5 nitrogen and oxygen atoms in total. The highest BCUT2D eigenvalue weighted by molar-refractivity contribution is 5.94. The molecule has 0 aromatic heterocycles. The molecule has 0 saturated heterocycles. The van der Waals surface area contributed by atoms with Crippen molar-refractivity contribution < 1.29 is 24.9 Å². The molecule has 1 rings (SSSR count). The number of ketones is 1. The Hall–Kier alpha value is -1.72. The van der Waals surface area contributed by atoms with Crippen LogP contribution in [0.5, 0.6) is 0 Å². The zero-order valence-electron chi connectivity index (χ0n) is 14.9. The third kappa shape index (κ3) is 8.27. The van der Waals surface area contributed by atoms with Gasteiger partial charge in [0.2, 0.25) is 0 Å². The average molecular weight is 350 g/mol. The monoisotopic (exact) mass is 350 g/mol. The van der Waals surface area contributed by atoms with Gasteiger partial charge >= 0.3 is 5.97 Å². The Labute approximate surface area is 149 Å². The van der Waals surface area contributed by atoms with E-state index in [1.54, 1.807) is 30.4 Å². The fourth-order valence-electron chi connectivity index (χ4n) is 2.93. The summed E-state index contributed by atoms with van der Waals surface area (Å²) < 4.78 is 0. The lowest BCUT2D eigenvalue weighted by Crippen LogP contribution is -2.22. The Morgan fingerprint density at radius 1 is 1.16 bits per heavy atom. The first-order valence-corrected chi connectivity index (χ1v) is 9.10. The van der Waals surface area contributed by atoms with Crippen molar-refractivity contribution in [3.05, 3.63) is 36.5 Å². The quantitative estimate of drug-likeness (QED) is 0.371. The predicted molar refractivity (Wildman–Crippen MR) is 97.0 cm³/mol. The summed E-state index contributed by atoms with van der Waals surface area (Å²) in [5.41, 5.74) is 0. The molecule has 0 fully saturated rings. The van der Waals surface area contributed by atoms with Gasteiger partial charge in [-0.05, 0) is 25.3 Å². The Balaban J connectivity index is 2.41. The van der Waals surface area contributed by atoms with Crippen LogP contribution in [0.3, 0.4) is 0 Å². The number of unbranched alkanes of at least 4 members (excludes halogenated alkanes) is 3. The molecular weight excluding hydrogens is 320 g/mol. The smallest absolute Gasteiger partial charge is 0.303 e. The van der Waals surface area contributed by atoms with Gasteiger partial charge in [-0.1, -0.05) is 56.6 Å². The summed E-state index contributed by atoms with van der Waals surface area (Å²) in [6, 6.07) is 0. The molecule has 0 bridgehead atoms. The zero-order valence-corrected chi connectivity index (χ0v) is 14.9. The van der Waals surface area contributed by atoms with Crippen LogP contribution in [-0.4, -0.2) is 39.3 Å². The van der Waals surface area contributed by atoms with Crippen LogP contribution in [0.1, 0.15) is 51.9 Å². The van der Waals surface area contributed by atoms with E-state index >= 15 is 0 Å². The summed E-state index contributed by atoms with van der Waals surface area (Å²) in [5, 5.41) is 28.3. The first-order valence-electron chi connectivity index (χ1n) is 9.10. The minimum atomic E-state index is -0.983. The van der Waals surface area contributed by atoms with Crippen LogP contribution in [0.25, 0.3) is 0 Å². The Kier molecular flexibility index (Phi) is 10.0. The van der Waals surface area contributed by atoms with E-state index in [0.29, 0.717) is 6.42 Å². The molecule has 0 radical (unpaired) electrons. The molecule has 25 heavy (non-hydrogen) atoms.